The maximum absolute atomic E-state index is 5.52. The molecule has 1 nitrogen and oxygen atoms in total. The Morgan fingerprint density at radius 2 is 1.44 bits per heavy atom. The van der Waals surface area contributed by atoms with Gasteiger partial charge in [-0.1, -0.05) is 73.7 Å². The van der Waals surface area contributed by atoms with Gasteiger partial charge < -0.3 is 4.74 Å². The van der Waals surface area contributed by atoms with Crippen LogP contribution in [0.25, 0.3) is 11.6 Å². The quantitative estimate of drug-likeness (QED) is 0.477. The zero-order chi connectivity index (χ0) is 18.6. The van der Waals surface area contributed by atoms with Gasteiger partial charge in [0.2, 0.25) is 0 Å². The maximum atomic E-state index is 5.52. The lowest BCUT2D eigenvalue weighted by atomic mass is 9.89. The highest BCUT2D eigenvalue weighted by molar-refractivity contribution is 5.91. The number of ether oxygens (including phenoxy) is 1. The van der Waals surface area contributed by atoms with E-state index in [1.54, 1.807) is 0 Å². The van der Waals surface area contributed by atoms with Crippen molar-refractivity contribution in [2.24, 2.45) is 0 Å². The first-order valence-electron chi connectivity index (χ1n) is 9.90. The third kappa shape index (κ3) is 3.68. The third-order valence-corrected chi connectivity index (χ3v) is 5.40. The lowest BCUT2D eigenvalue weighted by Crippen LogP contribution is -1.97. The van der Waals surface area contributed by atoms with Gasteiger partial charge in [0.1, 0.15) is 5.75 Å². The predicted molar refractivity (Wildman–Crippen MR) is 114 cm³/mol. The molecule has 0 radical (unpaired) electrons. The summed E-state index contributed by atoms with van der Waals surface area (Å²) in [5.41, 5.74) is 8.28. The van der Waals surface area contributed by atoms with Gasteiger partial charge in [-0.3, -0.25) is 0 Å². The number of allylic oxidation sites excluding steroid dienone is 1. The molecule has 0 saturated heterocycles. The van der Waals surface area contributed by atoms with Gasteiger partial charge in [-0.2, -0.15) is 0 Å². The molecule has 1 unspecified atom stereocenters. The summed E-state index contributed by atoms with van der Waals surface area (Å²) in [7, 11) is 0. The Hall–Kier alpha value is -2.80. The molecule has 1 aliphatic carbocycles. The van der Waals surface area contributed by atoms with E-state index in [9.17, 15) is 0 Å². The number of hydrogen-bond donors (Lipinski definition) is 0. The van der Waals surface area contributed by atoms with Crippen molar-refractivity contribution >= 4 is 11.6 Å². The van der Waals surface area contributed by atoms with E-state index in [1.165, 1.54) is 33.4 Å². The van der Waals surface area contributed by atoms with Gasteiger partial charge >= 0.3 is 0 Å². The fraction of sp³-hybridized carbons (Fsp3) is 0.231. The first-order chi connectivity index (χ1) is 13.3. The van der Waals surface area contributed by atoms with Crippen molar-refractivity contribution in [3.63, 3.8) is 0 Å². The highest BCUT2D eigenvalue weighted by Crippen LogP contribution is 2.43. The van der Waals surface area contributed by atoms with E-state index in [0.717, 1.165) is 18.6 Å². The van der Waals surface area contributed by atoms with Gasteiger partial charge in [-0.05, 0) is 65.3 Å². The van der Waals surface area contributed by atoms with Crippen molar-refractivity contribution in [1.82, 2.24) is 0 Å². The van der Waals surface area contributed by atoms with Crippen LogP contribution in [0.4, 0.5) is 0 Å². The fourth-order valence-electron chi connectivity index (χ4n) is 4.04. The molecule has 0 aliphatic heterocycles. The second-order valence-corrected chi connectivity index (χ2v) is 7.14. The molecule has 0 saturated carbocycles. The third-order valence-electron chi connectivity index (χ3n) is 5.40. The molecule has 3 aromatic carbocycles. The van der Waals surface area contributed by atoms with Crippen LogP contribution < -0.4 is 4.74 Å². The summed E-state index contributed by atoms with van der Waals surface area (Å²) in [4.78, 5) is 0. The normalized spacial score (nSPS) is 15.3. The molecule has 1 heteroatoms. The Balaban J connectivity index is 1.51. The minimum Gasteiger partial charge on any atom is -0.494 e. The molecular weight excluding hydrogens is 328 g/mol. The van der Waals surface area contributed by atoms with Crippen molar-refractivity contribution in [3.05, 3.63) is 101 Å². The van der Waals surface area contributed by atoms with Gasteiger partial charge in [0.05, 0.1) is 6.61 Å². The number of fused-ring (bicyclic) bond motifs is 1. The second kappa shape index (κ2) is 7.84. The van der Waals surface area contributed by atoms with Crippen molar-refractivity contribution in [1.29, 1.82) is 0 Å². The monoisotopic (exact) mass is 354 g/mol. The predicted octanol–water partition coefficient (Wildman–Crippen LogP) is 6.72. The minimum atomic E-state index is 0.512. The highest BCUT2D eigenvalue weighted by Gasteiger charge is 2.24. The molecule has 0 heterocycles. The first kappa shape index (κ1) is 17.6. The molecule has 3 aromatic rings. The molecule has 1 atom stereocenters. The Bertz CT molecular complexity index is 933. The molecule has 0 aromatic heterocycles. The topological polar surface area (TPSA) is 9.23 Å². The van der Waals surface area contributed by atoms with Crippen LogP contribution in [0.2, 0.25) is 0 Å². The van der Waals surface area contributed by atoms with Crippen LogP contribution in [0.3, 0.4) is 0 Å². The van der Waals surface area contributed by atoms with Crippen LogP contribution in [0.15, 0.2) is 72.8 Å². The lowest BCUT2D eigenvalue weighted by Gasteiger charge is -2.15. The van der Waals surface area contributed by atoms with Crippen LogP contribution in [-0.2, 0) is 6.42 Å². The average molecular weight is 354 g/mol. The van der Waals surface area contributed by atoms with Gasteiger partial charge in [-0.25, -0.2) is 0 Å². The average Bonchev–Trinajstić information content (AvgIpc) is 3.09. The Morgan fingerprint density at radius 1 is 0.778 bits per heavy atom. The van der Waals surface area contributed by atoms with Crippen LogP contribution >= 0.6 is 0 Å². The van der Waals surface area contributed by atoms with E-state index < -0.39 is 0 Å². The van der Waals surface area contributed by atoms with Crippen molar-refractivity contribution in [2.45, 2.75) is 32.6 Å². The van der Waals surface area contributed by atoms with Crippen molar-refractivity contribution < 1.29 is 4.74 Å². The number of benzene rings is 3. The SMILES string of the molecule is CCOc1ccc(Cc2ccc(C3=Cc4ccccc4C3CC)cc2)cc1. The van der Waals surface area contributed by atoms with Crippen LogP contribution in [0, 0.1) is 0 Å². The number of hydrogen-bond acceptors (Lipinski definition) is 1. The summed E-state index contributed by atoms with van der Waals surface area (Å²) in [6.07, 6.45) is 4.45. The van der Waals surface area contributed by atoms with Crippen LogP contribution in [0.1, 0.15) is 54.0 Å². The van der Waals surface area contributed by atoms with E-state index >= 15 is 0 Å². The van der Waals surface area contributed by atoms with Gasteiger partial charge in [-0.15, -0.1) is 0 Å². The summed E-state index contributed by atoms with van der Waals surface area (Å²) < 4.78 is 5.52. The lowest BCUT2D eigenvalue weighted by molar-refractivity contribution is 0.340. The Morgan fingerprint density at radius 3 is 2.11 bits per heavy atom. The molecule has 0 bridgehead atoms. The molecular formula is C26H26O. The summed E-state index contributed by atoms with van der Waals surface area (Å²) in [6, 6.07) is 26.3. The molecule has 4 rings (SSSR count). The first-order valence-corrected chi connectivity index (χ1v) is 9.90. The van der Waals surface area contributed by atoms with E-state index in [2.05, 4.69) is 85.8 Å². The molecule has 0 spiro atoms. The summed E-state index contributed by atoms with van der Waals surface area (Å²) in [5, 5.41) is 0. The molecule has 0 N–H and O–H groups in total. The highest BCUT2D eigenvalue weighted by atomic mass is 16.5. The largest absolute Gasteiger partial charge is 0.494 e. The number of rotatable bonds is 6. The van der Waals surface area contributed by atoms with Gasteiger partial charge in [0, 0.05) is 5.92 Å². The van der Waals surface area contributed by atoms with E-state index in [1.807, 2.05) is 6.92 Å². The van der Waals surface area contributed by atoms with Crippen molar-refractivity contribution in [2.75, 3.05) is 6.61 Å². The van der Waals surface area contributed by atoms with Gasteiger partial charge in [0.25, 0.3) is 0 Å². The van der Waals surface area contributed by atoms with E-state index in [4.69, 9.17) is 4.74 Å². The molecule has 1 aliphatic rings. The molecule has 0 fully saturated rings. The fourth-order valence-corrected chi connectivity index (χ4v) is 4.04. The molecule has 27 heavy (non-hydrogen) atoms. The van der Waals surface area contributed by atoms with E-state index in [-0.39, 0.29) is 0 Å². The summed E-state index contributed by atoms with van der Waals surface area (Å²) in [5.74, 6) is 1.45. The summed E-state index contributed by atoms with van der Waals surface area (Å²) >= 11 is 0. The second-order valence-electron chi connectivity index (χ2n) is 7.14. The minimum absolute atomic E-state index is 0.512. The Kier molecular flexibility index (Phi) is 5.11. The molecule has 0 amide bonds. The molecule has 136 valence electrons. The van der Waals surface area contributed by atoms with E-state index in [0.29, 0.717) is 12.5 Å². The maximum Gasteiger partial charge on any atom is 0.119 e. The zero-order valence-corrected chi connectivity index (χ0v) is 16.1. The summed E-state index contributed by atoms with van der Waals surface area (Å²) in [6.45, 7) is 5.00. The standard InChI is InChI=1S/C26H26O/c1-3-24-25-8-6-5-7-22(25)18-26(24)21-13-9-19(10-14-21)17-20-11-15-23(16-12-20)27-4-2/h5-16,18,24H,3-4,17H2,1-2H3. The van der Waals surface area contributed by atoms with Gasteiger partial charge in [0.15, 0.2) is 0 Å². The van der Waals surface area contributed by atoms with Crippen molar-refractivity contribution in [3.8, 4) is 5.75 Å². The Labute approximate surface area is 162 Å². The van der Waals surface area contributed by atoms with Crippen LogP contribution in [-0.4, -0.2) is 6.61 Å². The zero-order valence-electron chi connectivity index (χ0n) is 16.1. The van der Waals surface area contributed by atoms with Crippen LogP contribution in [0.5, 0.6) is 5.75 Å². The smallest absolute Gasteiger partial charge is 0.119 e.